The number of hydrogen-bond donors (Lipinski definition) is 1. The first kappa shape index (κ1) is 15.5. The van der Waals surface area contributed by atoms with E-state index in [2.05, 4.69) is 5.32 Å². The van der Waals surface area contributed by atoms with E-state index in [1.165, 1.54) is 23.5 Å². The molecule has 0 bridgehead atoms. The maximum absolute atomic E-state index is 13.4. The normalized spacial score (nSPS) is 10.2. The molecule has 0 saturated heterocycles. The van der Waals surface area contributed by atoms with E-state index in [0.29, 0.717) is 5.02 Å². The van der Waals surface area contributed by atoms with Crippen LogP contribution in [0.2, 0.25) is 5.02 Å². The quantitative estimate of drug-likeness (QED) is 0.858. The summed E-state index contributed by atoms with van der Waals surface area (Å²) in [6.45, 7) is -0.476. The Bertz CT molecular complexity index is 646. The molecule has 1 heterocycles. The van der Waals surface area contributed by atoms with Crippen LogP contribution >= 0.6 is 22.9 Å². The fourth-order valence-electron chi connectivity index (χ4n) is 1.53. The molecule has 0 fully saturated rings. The van der Waals surface area contributed by atoms with Gasteiger partial charge in [0.05, 0.1) is 12.1 Å². The standard InChI is InChI=1S/C14H11ClFNO3S/c15-9-3-4-11(16)12(6-9)17-13(18)8-20-14(19)7-10-2-1-5-21-10/h1-6H,7-8H2,(H,17,18). The van der Waals surface area contributed by atoms with Crippen molar-refractivity contribution in [3.63, 3.8) is 0 Å². The lowest BCUT2D eigenvalue weighted by atomic mass is 10.3. The molecular formula is C14H11ClFNO3S. The van der Waals surface area contributed by atoms with Gasteiger partial charge in [0.2, 0.25) is 0 Å². The molecule has 0 aliphatic rings. The number of carbonyl (C=O) groups excluding carboxylic acids is 2. The van der Waals surface area contributed by atoms with Crippen molar-refractivity contribution in [3.8, 4) is 0 Å². The zero-order valence-corrected chi connectivity index (χ0v) is 12.3. The number of thiophene rings is 1. The van der Waals surface area contributed by atoms with Crippen molar-refractivity contribution in [2.24, 2.45) is 0 Å². The first-order valence-electron chi connectivity index (χ1n) is 5.97. The summed E-state index contributed by atoms with van der Waals surface area (Å²) >= 11 is 7.13. The predicted octanol–water partition coefficient (Wildman–Crippen LogP) is 3.27. The van der Waals surface area contributed by atoms with Crippen molar-refractivity contribution in [3.05, 3.63) is 51.4 Å². The van der Waals surface area contributed by atoms with Gasteiger partial charge >= 0.3 is 5.97 Å². The summed E-state index contributed by atoms with van der Waals surface area (Å²) in [6.07, 6.45) is 0.108. The summed E-state index contributed by atoms with van der Waals surface area (Å²) in [5.41, 5.74) is -0.0539. The highest BCUT2D eigenvalue weighted by Crippen LogP contribution is 2.19. The molecule has 7 heteroatoms. The van der Waals surface area contributed by atoms with Crippen molar-refractivity contribution in [2.45, 2.75) is 6.42 Å². The number of nitrogens with one attached hydrogen (secondary N) is 1. The van der Waals surface area contributed by atoms with Crippen molar-refractivity contribution in [1.82, 2.24) is 0 Å². The van der Waals surface area contributed by atoms with Gasteiger partial charge in [0.15, 0.2) is 6.61 Å². The topological polar surface area (TPSA) is 55.4 Å². The van der Waals surface area contributed by atoms with Gasteiger partial charge < -0.3 is 10.1 Å². The van der Waals surface area contributed by atoms with Gasteiger partial charge in [0, 0.05) is 9.90 Å². The highest BCUT2D eigenvalue weighted by molar-refractivity contribution is 7.10. The molecule has 1 aromatic heterocycles. The van der Waals surface area contributed by atoms with Gasteiger partial charge in [-0.3, -0.25) is 9.59 Å². The Labute approximate surface area is 129 Å². The summed E-state index contributed by atoms with van der Waals surface area (Å²) in [6, 6.07) is 7.41. The van der Waals surface area contributed by atoms with Crippen LogP contribution in [0.1, 0.15) is 4.88 Å². The second-order valence-corrected chi connectivity index (χ2v) is 5.56. The molecule has 0 spiro atoms. The number of carbonyl (C=O) groups is 2. The molecule has 0 atom stereocenters. The molecule has 1 N–H and O–H groups in total. The lowest BCUT2D eigenvalue weighted by Gasteiger charge is -2.07. The van der Waals surface area contributed by atoms with E-state index in [0.717, 1.165) is 10.9 Å². The maximum atomic E-state index is 13.4. The summed E-state index contributed by atoms with van der Waals surface area (Å²) in [4.78, 5) is 23.9. The van der Waals surface area contributed by atoms with Crippen molar-refractivity contribution in [2.75, 3.05) is 11.9 Å². The summed E-state index contributed by atoms with van der Waals surface area (Å²) in [5, 5.41) is 4.43. The van der Waals surface area contributed by atoms with Gasteiger partial charge in [-0.1, -0.05) is 17.7 Å². The molecule has 2 rings (SSSR count). The van der Waals surface area contributed by atoms with Crippen LogP contribution in [0.4, 0.5) is 10.1 Å². The lowest BCUT2D eigenvalue weighted by Crippen LogP contribution is -2.22. The smallest absolute Gasteiger partial charge is 0.311 e. The van der Waals surface area contributed by atoms with E-state index < -0.39 is 24.3 Å². The number of benzene rings is 1. The third kappa shape index (κ3) is 4.84. The number of rotatable bonds is 5. The average Bonchev–Trinajstić information content (AvgIpc) is 2.93. The molecule has 2 aromatic rings. The van der Waals surface area contributed by atoms with Crippen molar-refractivity contribution >= 4 is 40.5 Å². The van der Waals surface area contributed by atoms with E-state index in [1.54, 1.807) is 6.07 Å². The van der Waals surface area contributed by atoms with Crippen LogP contribution in [-0.4, -0.2) is 18.5 Å². The van der Waals surface area contributed by atoms with E-state index >= 15 is 0 Å². The molecule has 0 aliphatic carbocycles. The van der Waals surface area contributed by atoms with Crippen LogP contribution in [0.3, 0.4) is 0 Å². The number of ether oxygens (including phenoxy) is 1. The van der Waals surface area contributed by atoms with E-state index in [9.17, 15) is 14.0 Å². The third-order valence-corrected chi connectivity index (χ3v) is 3.58. The van der Waals surface area contributed by atoms with Gasteiger partial charge in [0.1, 0.15) is 5.82 Å². The van der Waals surface area contributed by atoms with Crippen LogP contribution in [0.5, 0.6) is 0 Å². The highest BCUT2D eigenvalue weighted by atomic mass is 35.5. The molecule has 1 aromatic carbocycles. The zero-order chi connectivity index (χ0) is 15.2. The monoisotopic (exact) mass is 327 g/mol. The molecule has 0 aliphatic heterocycles. The van der Waals surface area contributed by atoms with Gasteiger partial charge in [-0.05, 0) is 29.6 Å². The third-order valence-electron chi connectivity index (χ3n) is 2.47. The van der Waals surface area contributed by atoms with Crippen LogP contribution < -0.4 is 5.32 Å². The van der Waals surface area contributed by atoms with Crippen LogP contribution in [0, 0.1) is 5.82 Å². The zero-order valence-electron chi connectivity index (χ0n) is 10.8. The summed E-state index contributed by atoms with van der Waals surface area (Å²) < 4.78 is 18.2. The first-order chi connectivity index (χ1) is 10.0. The Morgan fingerprint density at radius 1 is 1.33 bits per heavy atom. The molecular weight excluding hydrogens is 317 g/mol. The Balaban J connectivity index is 1.82. The Morgan fingerprint density at radius 2 is 2.14 bits per heavy atom. The number of esters is 1. The Morgan fingerprint density at radius 3 is 2.86 bits per heavy atom. The Kier molecular flexibility index (Phi) is 5.30. The second-order valence-electron chi connectivity index (χ2n) is 4.09. The van der Waals surface area contributed by atoms with Gasteiger partial charge in [0.25, 0.3) is 5.91 Å². The summed E-state index contributed by atoms with van der Waals surface area (Å²) in [5.74, 6) is -1.76. The SMILES string of the molecule is O=C(COC(=O)Cc1cccs1)Nc1cc(Cl)ccc1F. The molecule has 110 valence electrons. The minimum absolute atomic E-state index is 0.0539. The second kappa shape index (κ2) is 7.19. The van der Waals surface area contributed by atoms with Crippen molar-refractivity contribution < 1.29 is 18.7 Å². The first-order valence-corrected chi connectivity index (χ1v) is 7.23. The molecule has 0 saturated carbocycles. The number of anilines is 1. The van der Waals surface area contributed by atoms with Gasteiger partial charge in [-0.15, -0.1) is 11.3 Å². The van der Waals surface area contributed by atoms with Crippen molar-refractivity contribution in [1.29, 1.82) is 0 Å². The van der Waals surface area contributed by atoms with Gasteiger partial charge in [-0.25, -0.2) is 4.39 Å². The molecule has 1 amide bonds. The van der Waals surface area contributed by atoms with Crippen LogP contribution in [0.15, 0.2) is 35.7 Å². The van der Waals surface area contributed by atoms with E-state index in [1.807, 2.05) is 11.4 Å². The number of amides is 1. The Hall–Kier alpha value is -1.92. The maximum Gasteiger partial charge on any atom is 0.311 e. The molecule has 4 nitrogen and oxygen atoms in total. The number of hydrogen-bond acceptors (Lipinski definition) is 4. The minimum Gasteiger partial charge on any atom is -0.455 e. The molecule has 0 radical (unpaired) electrons. The largest absolute Gasteiger partial charge is 0.455 e. The lowest BCUT2D eigenvalue weighted by molar-refractivity contribution is -0.146. The van der Waals surface area contributed by atoms with E-state index in [-0.39, 0.29) is 12.1 Å². The molecule has 0 unspecified atom stereocenters. The fraction of sp³-hybridized carbons (Fsp3) is 0.143. The fourth-order valence-corrected chi connectivity index (χ4v) is 2.39. The van der Waals surface area contributed by atoms with Crippen LogP contribution in [-0.2, 0) is 20.7 Å². The van der Waals surface area contributed by atoms with E-state index in [4.69, 9.17) is 16.3 Å². The minimum atomic E-state index is -0.629. The summed E-state index contributed by atoms with van der Waals surface area (Å²) in [7, 11) is 0. The average molecular weight is 328 g/mol. The molecule has 21 heavy (non-hydrogen) atoms. The predicted molar refractivity (Wildman–Crippen MR) is 79.0 cm³/mol. The van der Waals surface area contributed by atoms with Gasteiger partial charge in [-0.2, -0.15) is 0 Å². The van der Waals surface area contributed by atoms with Crippen LogP contribution in [0.25, 0.3) is 0 Å². The highest BCUT2D eigenvalue weighted by Gasteiger charge is 2.11. The number of halogens is 2.